The van der Waals surface area contributed by atoms with Crippen molar-refractivity contribution in [1.82, 2.24) is 15.5 Å². The van der Waals surface area contributed by atoms with Crippen molar-refractivity contribution in [3.05, 3.63) is 42.2 Å². The zero-order valence-corrected chi connectivity index (χ0v) is 19.7. The van der Waals surface area contributed by atoms with Crippen molar-refractivity contribution in [3.8, 4) is 0 Å². The summed E-state index contributed by atoms with van der Waals surface area (Å²) in [6, 6.07) is 5.87. The van der Waals surface area contributed by atoms with Crippen molar-refractivity contribution in [1.29, 1.82) is 0 Å². The molecule has 158 valence electrons. The lowest BCUT2D eigenvalue weighted by Crippen LogP contribution is -2.48. The van der Waals surface area contributed by atoms with Gasteiger partial charge in [-0.3, -0.25) is 9.89 Å². The third-order valence-corrected chi connectivity index (χ3v) is 5.12. The van der Waals surface area contributed by atoms with Crippen LogP contribution >= 0.6 is 24.0 Å². The van der Waals surface area contributed by atoms with E-state index in [-0.39, 0.29) is 29.8 Å². The number of nitrogens with zero attached hydrogens (tertiary/aromatic N) is 3. The molecule has 0 spiro atoms. The molecule has 0 unspecified atom stereocenters. The lowest BCUT2D eigenvalue weighted by molar-refractivity contribution is 0.225. The van der Waals surface area contributed by atoms with Gasteiger partial charge >= 0.3 is 0 Å². The molecule has 1 saturated heterocycles. The Bertz CT molecular complexity index is 625. The van der Waals surface area contributed by atoms with E-state index in [1.54, 1.807) is 13.1 Å². The van der Waals surface area contributed by atoms with Crippen LogP contribution in [0.25, 0.3) is 0 Å². The molecule has 0 saturated carbocycles. The Morgan fingerprint density at radius 3 is 2.54 bits per heavy atom. The van der Waals surface area contributed by atoms with Gasteiger partial charge in [0.2, 0.25) is 0 Å². The summed E-state index contributed by atoms with van der Waals surface area (Å²) in [4.78, 5) is 8.73. The largest absolute Gasteiger partial charge is 0.370 e. The Morgan fingerprint density at radius 1 is 1.32 bits per heavy atom. The molecule has 7 heteroatoms. The van der Waals surface area contributed by atoms with Gasteiger partial charge in [0.05, 0.1) is 5.69 Å². The van der Waals surface area contributed by atoms with Gasteiger partial charge in [-0.25, -0.2) is 4.39 Å². The molecular formula is C21H35FIN5. The normalized spacial score (nSPS) is 15.6. The van der Waals surface area contributed by atoms with Crippen LogP contribution in [0.4, 0.5) is 10.1 Å². The van der Waals surface area contributed by atoms with Crippen molar-refractivity contribution in [2.45, 2.75) is 39.3 Å². The van der Waals surface area contributed by atoms with E-state index in [0.29, 0.717) is 18.3 Å². The minimum absolute atomic E-state index is 0. The van der Waals surface area contributed by atoms with Gasteiger partial charge in [0, 0.05) is 52.4 Å². The molecule has 0 aromatic heterocycles. The second-order valence-corrected chi connectivity index (χ2v) is 6.89. The Kier molecular flexibility index (Phi) is 11.4. The minimum atomic E-state index is -0.171. The van der Waals surface area contributed by atoms with Crippen molar-refractivity contribution >= 4 is 35.6 Å². The van der Waals surface area contributed by atoms with Crippen molar-refractivity contribution in [2.24, 2.45) is 4.99 Å². The van der Waals surface area contributed by atoms with E-state index >= 15 is 0 Å². The standard InChI is InChI=1S/C21H34FN5.HI/c1-5-12-26-13-10-18(11-14-26)25-21(23-4)24-16-17-8-9-20(19(22)15-17)27(6-2)7-3;/h5,8-9,15,18H,1,6-7,10-14,16H2,2-4H3,(H2,23,24,25);1H. The number of likely N-dealkylation sites (tertiary alicyclic amines) is 1. The molecule has 0 radical (unpaired) electrons. The Labute approximate surface area is 186 Å². The van der Waals surface area contributed by atoms with Crippen LogP contribution in [-0.4, -0.2) is 56.7 Å². The molecule has 5 nitrogen and oxygen atoms in total. The van der Waals surface area contributed by atoms with Crippen molar-refractivity contribution in [3.63, 3.8) is 0 Å². The summed E-state index contributed by atoms with van der Waals surface area (Å²) in [6.45, 7) is 13.1. The van der Waals surface area contributed by atoms with Crippen LogP contribution in [0.3, 0.4) is 0 Å². The number of piperidine rings is 1. The van der Waals surface area contributed by atoms with Gasteiger partial charge in [0.1, 0.15) is 5.82 Å². The number of anilines is 1. The first-order valence-electron chi connectivity index (χ1n) is 9.95. The van der Waals surface area contributed by atoms with Gasteiger partial charge in [-0.05, 0) is 44.4 Å². The fraction of sp³-hybridized carbons (Fsp3) is 0.571. The molecule has 1 aliphatic rings. The minimum Gasteiger partial charge on any atom is -0.370 e. The Hall–Kier alpha value is -1.35. The second-order valence-electron chi connectivity index (χ2n) is 6.89. The summed E-state index contributed by atoms with van der Waals surface area (Å²) >= 11 is 0. The number of rotatable bonds is 8. The third kappa shape index (κ3) is 7.24. The Morgan fingerprint density at radius 2 is 2.00 bits per heavy atom. The first-order valence-corrected chi connectivity index (χ1v) is 9.95. The Balaban J connectivity index is 0.00000392. The van der Waals surface area contributed by atoms with Crippen LogP contribution in [0.1, 0.15) is 32.3 Å². The molecular weight excluding hydrogens is 468 g/mol. The molecule has 1 fully saturated rings. The highest BCUT2D eigenvalue weighted by atomic mass is 127. The maximum absolute atomic E-state index is 14.4. The summed E-state index contributed by atoms with van der Waals surface area (Å²) in [6.07, 6.45) is 4.13. The fourth-order valence-corrected chi connectivity index (χ4v) is 3.50. The lowest BCUT2D eigenvalue weighted by atomic mass is 10.1. The molecule has 2 N–H and O–H groups in total. The highest BCUT2D eigenvalue weighted by Gasteiger charge is 2.19. The van der Waals surface area contributed by atoms with E-state index < -0.39 is 0 Å². The summed E-state index contributed by atoms with van der Waals surface area (Å²) in [5.41, 5.74) is 1.57. The fourth-order valence-electron chi connectivity index (χ4n) is 3.50. The molecule has 1 heterocycles. The molecule has 1 aliphatic heterocycles. The van der Waals surface area contributed by atoms with E-state index in [1.165, 1.54) is 0 Å². The van der Waals surface area contributed by atoms with Crippen LogP contribution in [0.15, 0.2) is 35.8 Å². The number of nitrogens with one attached hydrogen (secondary N) is 2. The van der Waals surface area contributed by atoms with Crippen LogP contribution in [0.5, 0.6) is 0 Å². The van der Waals surface area contributed by atoms with Gasteiger partial charge in [-0.2, -0.15) is 0 Å². The monoisotopic (exact) mass is 503 g/mol. The number of aliphatic imine (C=N–C) groups is 1. The maximum atomic E-state index is 14.4. The van der Waals surface area contributed by atoms with E-state index in [2.05, 4.69) is 27.1 Å². The SMILES string of the molecule is C=CCN1CCC(NC(=NC)NCc2ccc(N(CC)CC)c(F)c2)CC1.I. The zero-order valence-electron chi connectivity index (χ0n) is 17.4. The highest BCUT2D eigenvalue weighted by Crippen LogP contribution is 2.20. The number of hydrogen-bond acceptors (Lipinski definition) is 3. The number of halogens is 2. The third-order valence-electron chi connectivity index (χ3n) is 5.12. The van der Waals surface area contributed by atoms with E-state index in [4.69, 9.17) is 0 Å². The van der Waals surface area contributed by atoms with Gasteiger partial charge in [-0.1, -0.05) is 12.1 Å². The predicted molar refractivity (Wildman–Crippen MR) is 128 cm³/mol. The molecule has 0 bridgehead atoms. The van der Waals surface area contributed by atoms with Crippen LogP contribution in [0, 0.1) is 5.82 Å². The molecule has 0 atom stereocenters. The van der Waals surface area contributed by atoms with Gasteiger partial charge in [0.15, 0.2) is 5.96 Å². The summed E-state index contributed by atoms with van der Waals surface area (Å²) in [7, 11) is 1.77. The lowest BCUT2D eigenvalue weighted by Gasteiger charge is -2.32. The van der Waals surface area contributed by atoms with Gasteiger partial charge < -0.3 is 15.5 Å². The van der Waals surface area contributed by atoms with Crippen LogP contribution in [-0.2, 0) is 6.54 Å². The maximum Gasteiger partial charge on any atom is 0.191 e. The van der Waals surface area contributed by atoms with E-state index in [1.807, 2.05) is 37.0 Å². The van der Waals surface area contributed by atoms with Gasteiger partial charge in [0.25, 0.3) is 0 Å². The van der Waals surface area contributed by atoms with Crippen molar-refractivity contribution < 1.29 is 4.39 Å². The quantitative estimate of drug-likeness (QED) is 0.246. The summed E-state index contributed by atoms with van der Waals surface area (Å²) in [5.74, 6) is 0.598. The number of guanidine groups is 1. The van der Waals surface area contributed by atoms with Gasteiger partial charge in [-0.15, -0.1) is 30.6 Å². The molecule has 1 aromatic carbocycles. The van der Waals surface area contributed by atoms with Crippen molar-refractivity contribution in [2.75, 3.05) is 44.7 Å². The number of hydrogen-bond donors (Lipinski definition) is 2. The van der Waals surface area contributed by atoms with Crippen LogP contribution < -0.4 is 15.5 Å². The van der Waals surface area contributed by atoms with E-state index in [9.17, 15) is 4.39 Å². The smallest absolute Gasteiger partial charge is 0.191 e. The van der Waals surface area contributed by atoms with Crippen LogP contribution in [0.2, 0.25) is 0 Å². The molecule has 2 rings (SSSR count). The zero-order chi connectivity index (χ0) is 19.6. The summed E-state index contributed by atoms with van der Waals surface area (Å²) in [5, 5.41) is 6.79. The first-order chi connectivity index (χ1) is 13.1. The average molecular weight is 503 g/mol. The number of benzene rings is 1. The molecule has 28 heavy (non-hydrogen) atoms. The predicted octanol–water partition coefficient (Wildman–Crippen LogP) is 3.61. The topological polar surface area (TPSA) is 42.9 Å². The second kappa shape index (κ2) is 13.0. The molecule has 0 aliphatic carbocycles. The molecule has 1 aromatic rings. The highest BCUT2D eigenvalue weighted by molar-refractivity contribution is 14.0. The molecule has 0 amide bonds. The first kappa shape index (κ1) is 24.7. The summed E-state index contributed by atoms with van der Waals surface area (Å²) < 4.78 is 14.4. The average Bonchev–Trinajstić information content (AvgIpc) is 2.69. The van der Waals surface area contributed by atoms with E-state index in [0.717, 1.165) is 57.1 Å².